The number of hydrogen-bond acceptors (Lipinski definition) is 6. The highest BCUT2D eigenvalue weighted by atomic mass is 79.9. The summed E-state index contributed by atoms with van der Waals surface area (Å²) in [6.45, 7) is 2.60. The van der Waals surface area contributed by atoms with Gasteiger partial charge in [-0.05, 0) is 55.3 Å². The van der Waals surface area contributed by atoms with Crippen molar-refractivity contribution in [2.24, 2.45) is 0 Å². The Bertz CT molecular complexity index is 1290. The van der Waals surface area contributed by atoms with E-state index in [0.29, 0.717) is 39.0 Å². The minimum atomic E-state index is -3.86. The standard InChI is InChI=1S/C22H22BrFN4O3S2/c23-15-3-8-18-20(14-15)32-22(25-18)27-12-10-26(11-13-27)21(29)19-2-1-9-28(19)33(30,31)17-6-4-16(24)5-7-17/h3-8,14,19H,1-2,9-13H2. The fraction of sp³-hybridized carbons (Fsp3) is 0.364. The summed E-state index contributed by atoms with van der Waals surface area (Å²) in [6.07, 6.45) is 1.12. The first-order valence-corrected chi connectivity index (χ1v) is 13.8. The average molecular weight is 553 g/mol. The molecule has 3 aromatic rings. The number of carbonyl (C=O) groups is 1. The molecule has 1 atom stereocenters. The third kappa shape index (κ3) is 4.39. The summed E-state index contributed by atoms with van der Waals surface area (Å²) >= 11 is 5.11. The monoisotopic (exact) mass is 552 g/mol. The summed E-state index contributed by atoms with van der Waals surface area (Å²) in [5, 5.41) is 0.927. The number of benzene rings is 2. The molecule has 1 unspecified atom stereocenters. The molecule has 1 aromatic heterocycles. The van der Waals surface area contributed by atoms with Crippen LogP contribution < -0.4 is 4.90 Å². The van der Waals surface area contributed by atoms with Crippen LogP contribution in [0.1, 0.15) is 12.8 Å². The number of hydrogen-bond donors (Lipinski definition) is 0. The summed E-state index contributed by atoms with van der Waals surface area (Å²) in [5.74, 6) is -0.660. The summed E-state index contributed by atoms with van der Waals surface area (Å²) in [4.78, 5) is 21.9. The second-order valence-corrected chi connectivity index (χ2v) is 12.0. The predicted molar refractivity (Wildman–Crippen MR) is 129 cm³/mol. The zero-order valence-electron chi connectivity index (χ0n) is 17.7. The fourth-order valence-electron chi connectivity index (χ4n) is 4.37. The van der Waals surface area contributed by atoms with Crippen molar-refractivity contribution >= 4 is 58.5 Å². The Labute approximate surface area is 204 Å². The number of amides is 1. The van der Waals surface area contributed by atoms with Gasteiger partial charge in [-0.25, -0.2) is 17.8 Å². The van der Waals surface area contributed by atoms with Gasteiger partial charge in [0.25, 0.3) is 0 Å². The van der Waals surface area contributed by atoms with Crippen molar-refractivity contribution in [1.29, 1.82) is 0 Å². The van der Waals surface area contributed by atoms with Gasteiger partial charge in [-0.1, -0.05) is 27.3 Å². The van der Waals surface area contributed by atoms with Gasteiger partial charge in [0.05, 0.1) is 15.1 Å². The van der Waals surface area contributed by atoms with Crippen LogP contribution in [-0.4, -0.2) is 67.3 Å². The van der Waals surface area contributed by atoms with Gasteiger partial charge in [-0.2, -0.15) is 4.31 Å². The number of aromatic nitrogens is 1. The Morgan fingerprint density at radius 3 is 2.52 bits per heavy atom. The number of nitrogens with zero attached hydrogens (tertiary/aromatic N) is 4. The maximum Gasteiger partial charge on any atom is 0.243 e. The van der Waals surface area contributed by atoms with E-state index >= 15 is 0 Å². The number of carbonyl (C=O) groups excluding carboxylic acids is 1. The molecule has 2 aliphatic rings. The van der Waals surface area contributed by atoms with Crippen LogP contribution in [0.3, 0.4) is 0 Å². The second-order valence-electron chi connectivity index (χ2n) is 8.15. The predicted octanol–water partition coefficient (Wildman–Crippen LogP) is 3.70. The molecule has 2 fully saturated rings. The molecule has 2 aromatic carbocycles. The van der Waals surface area contributed by atoms with Crippen LogP contribution in [0.25, 0.3) is 10.2 Å². The Kier molecular flexibility index (Phi) is 6.15. The molecule has 0 spiro atoms. The van der Waals surface area contributed by atoms with Crippen molar-refractivity contribution in [3.8, 4) is 0 Å². The molecule has 1 amide bonds. The van der Waals surface area contributed by atoms with Gasteiger partial charge in [-0.15, -0.1) is 0 Å². The molecule has 3 heterocycles. The van der Waals surface area contributed by atoms with Crippen LogP contribution in [0.5, 0.6) is 0 Å². The number of thiazole rings is 1. The van der Waals surface area contributed by atoms with Gasteiger partial charge in [0.15, 0.2) is 5.13 Å². The molecule has 0 N–H and O–H groups in total. The van der Waals surface area contributed by atoms with E-state index in [-0.39, 0.29) is 17.3 Å². The first kappa shape index (κ1) is 22.7. The molecule has 2 saturated heterocycles. The average Bonchev–Trinajstić information content (AvgIpc) is 3.46. The molecule has 0 saturated carbocycles. The highest BCUT2D eigenvalue weighted by Gasteiger charge is 2.41. The molecule has 2 aliphatic heterocycles. The van der Waals surface area contributed by atoms with Crippen LogP contribution in [0.15, 0.2) is 51.8 Å². The van der Waals surface area contributed by atoms with Gasteiger partial charge in [0, 0.05) is 37.2 Å². The highest BCUT2D eigenvalue weighted by Crippen LogP contribution is 2.32. The first-order valence-electron chi connectivity index (χ1n) is 10.7. The zero-order valence-corrected chi connectivity index (χ0v) is 20.9. The maximum absolute atomic E-state index is 13.3. The Balaban J connectivity index is 1.27. The van der Waals surface area contributed by atoms with E-state index < -0.39 is 21.9 Å². The Morgan fingerprint density at radius 1 is 1.06 bits per heavy atom. The van der Waals surface area contributed by atoms with Crippen molar-refractivity contribution in [2.45, 2.75) is 23.8 Å². The molecule has 7 nitrogen and oxygen atoms in total. The quantitative estimate of drug-likeness (QED) is 0.493. The molecule has 174 valence electrons. The van der Waals surface area contributed by atoms with Crippen molar-refractivity contribution in [3.05, 3.63) is 52.8 Å². The lowest BCUT2D eigenvalue weighted by Gasteiger charge is -2.37. The molecule has 5 rings (SSSR count). The lowest BCUT2D eigenvalue weighted by Crippen LogP contribution is -2.54. The van der Waals surface area contributed by atoms with Crippen LogP contribution in [0.4, 0.5) is 9.52 Å². The number of sulfonamides is 1. The molecular formula is C22H22BrFN4O3S2. The SMILES string of the molecule is O=C(C1CCCN1S(=O)(=O)c1ccc(F)cc1)N1CCN(c2nc3ccc(Br)cc3s2)CC1. The molecule has 0 aliphatic carbocycles. The normalized spacial score (nSPS) is 20.0. The fourth-order valence-corrected chi connectivity index (χ4v) is 7.59. The number of anilines is 1. The number of piperazine rings is 1. The Morgan fingerprint density at radius 2 is 1.79 bits per heavy atom. The molecule has 11 heteroatoms. The third-order valence-corrected chi connectivity index (χ3v) is 9.60. The highest BCUT2D eigenvalue weighted by molar-refractivity contribution is 9.10. The number of rotatable bonds is 4. The lowest BCUT2D eigenvalue weighted by atomic mass is 10.2. The van der Waals surface area contributed by atoms with Crippen LogP contribution >= 0.6 is 27.3 Å². The molecule has 0 radical (unpaired) electrons. The van der Waals surface area contributed by atoms with Gasteiger partial charge >= 0.3 is 0 Å². The summed E-state index contributed by atoms with van der Waals surface area (Å²) < 4.78 is 42.9. The van der Waals surface area contributed by atoms with E-state index in [1.807, 2.05) is 18.2 Å². The van der Waals surface area contributed by atoms with Crippen molar-refractivity contribution in [3.63, 3.8) is 0 Å². The van der Waals surface area contributed by atoms with E-state index in [2.05, 4.69) is 20.8 Å². The van der Waals surface area contributed by atoms with Crippen LogP contribution in [0.2, 0.25) is 0 Å². The first-order chi connectivity index (χ1) is 15.8. The van der Waals surface area contributed by atoms with Crippen molar-refractivity contribution < 1.29 is 17.6 Å². The van der Waals surface area contributed by atoms with E-state index in [9.17, 15) is 17.6 Å². The van der Waals surface area contributed by atoms with E-state index in [0.717, 1.165) is 32.0 Å². The minimum Gasteiger partial charge on any atom is -0.345 e. The number of halogens is 2. The molecule has 33 heavy (non-hydrogen) atoms. The minimum absolute atomic E-state index is 0.0101. The third-order valence-electron chi connectivity index (χ3n) is 6.11. The lowest BCUT2D eigenvalue weighted by molar-refractivity contribution is -0.134. The molecule has 0 bridgehead atoms. The summed E-state index contributed by atoms with van der Waals surface area (Å²) in [7, 11) is -3.86. The van der Waals surface area contributed by atoms with Gasteiger partial charge in [0.1, 0.15) is 11.9 Å². The second kappa shape index (κ2) is 8.94. The van der Waals surface area contributed by atoms with E-state index in [4.69, 9.17) is 4.98 Å². The van der Waals surface area contributed by atoms with Gasteiger partial charge in [0.2, 0.25) is 15.9 Å². The van der Waals surface area contributed by atoms with E-state index in [1.165, 1.54) is 16.4 Å². The van der Waals surface area contributed by atoms with Gasteiger partial charge in [-0.3, -0.25) is 4.79 Å². The van der Waals surface area contributed by atoms with Crippen molar-refractivity contribution in [2.75, 3.05) is 37.6 Å². The molecular weight excluding hydrogens is 531 g/mol. The maximum atomic E-state index is 13.3. The van der Waals surface area contributed by atoms with Gasteiger partial charge < -0.3 is 9.80 Å². The Hall–Kier alpha value is -2.08. The largest absolute Gasteiger partial charge is 0.345 e. The zero-order chi connectivity index (χ0) is 23.2. The van der Waals surface area contributed by atoms with Crippen LogP contribution in [0, 0.1) is 5.82 Å². The summed E-state index contributed by atoms with van der Waals surface area (Å²) in [5.41, 5.74) is 0.948. The topological polar surface area (TPSA) is 73.8 Å². The van der Waals surface area contributed by atoms with E-state index in [1.54, 1.807) is 16.2 Å². The number of fused-ring (bicyclic) bond motifs is 1. The van der Waals surface area contributed by atoms with Crippen LogP contribution in [-0.2, 0) is 14.8 Å². The van der Waals surface area contributed by atoms with Crippen molar-refractivity contribution in [1.82, 2.24) is 14.2 Å². The smallest absolute Gasteiger partial charge is 0.243 e. The summed E-state index contributed by atoms with van der Waals surface area (Å²) in [6, 6.07) is 10.0.